The highest BCUT2D eigenvalue weighted by Gasteiger charge is 2.40. The number of rotatable bonds is 5. The summed E-state index contributed by atoms with van der Waals surface area (Å²) in [5.41, 5.74) is 1.70. The van der Waals surface area contributed by atoms with Crippen molar-refractivity contribution in [1.82, 2.24) is 19.7 Å². The molecule has 9 heteroatoms. The van der Waals surface area contributed by atoms with Gasteiger partial charge in [-0.05, 0) is 36.5 Å². The van der Waals surface area contributed by atoms with Crippen LogP contribution >= 0.6 is 11.6 Å². The highest BCUT2D eigenvalue weighted by Crippen LogP contribution is 2.35. The zero-order valence-electron chi connectivity index (χ0n) is 18.1. The molecule has 0 aliphatic carbocycles. The van der Waals surface area contributed by atoms with Gasteiger partial charge in [-0.1, -0.05) is 35.9 Å². The summed E-state index contributed by atoms with van der Waals surface area (Å²) in [5.74, 6) is 0.0353. The molecule has 3 unspecified atom stereocenters. The van der Waals surface area contributed by atoms with Crippen LogP contribution in [0, 0.1) is 5.92 Å². The number of urea groups is 1. The number of nitrogens with zero attached hydrogens (tertiary/aromatic N) is 3. The molecule has 33 heavy (non-hydrogen) atoms. The Bertz CT molecular complexity index is 1180. The van der Waals surface area contributed by atoms with Crippen molar-refractivity contribution in [2.75, 3.05) is 13.1 Å². The van der Waals surface area contributed by atoms with E-state index in [0.717, 1.165) is 17.0 Å². The highest BCUT2D eigenvalue weighted by atomic mass is 35.5. The van der Waals surface area contributed by atoms with E-state index in [4.69, 9.17) is 11.6 Å². The zero-order valence-corrected chi connectivity index (χ0v) is 18.8. The first kappa shape index (κ1) is 21.7. The van der Waals surface area contributed by atoms with Gasteiger partial charge in [0.1, 0.15) is 6.04 Å². The summed E-state index contributed by atoms with van der Waals surface area (Å²) >= 11 is 6.16. The van der Waals surface area contributed by atoms with Crippen molar-refractivity contribution in [2.24, 2.45) is 5.92 Å². The first-order chi connectivity index (χ1) is 15.9. The van der Waals surface area contributed by atoms with Crippen LogP contribution in [0.2, 0.25) is 5.02 Å². The van der Waals surface area contributed by atoms with Crippen molar-refractivity contribution >= 4 is 29.4 Å². The third-order valence-electron chi connectivity index (χ3n) is 6.87. The standard InChI is InChI=1S/C24H25ClN4O4/c25-18-5-2-1-4-16(18)14-29-23(32)19(26-24(29)33)8-9-21(30)27-11-15-10-17(13-27)20-6-3-7-22(31)28(20)12-15/h1-7,15,17,19H,8-14H2,(H,26,33). The first-order valence-electron chi connectivity index (χ1n) is 11.2. The number of imide groups is 1. The lowest BCUT2D eigenvalue weighted by molar-refractivity contribution is -0.134. The van der Waals surface area contributed by atoms with Gasteiger partial charge in [-0.25, -0.2) is 4.79 Å². The normalized spacial score (nSPS) is 24.0. The molecular weight excluding hydrogens is 444 g/mol. The van der Waals surface area contributed by atoms with Crippen LogP contribution in [-0.4, -0.2) is 51.3 Å². The smallest absolute Gasteiger partial charge is 0.325 e. The fourth-order valence-corrected chi connectivity index (χ4v) is 5.44. The van der Waals surface area contributed by atoms with Crippen LogP contribution in [0.25, 0.3) is 0 Å². The molecule has 1 N–H and O–H groups in total. The predicted octanol–water partition coefficient (Wildman–Crippen LogP) is 2.35. The third kappa shape index (κ3) is 4.15. The number of hydrogen-bond acceptors (Lipinski definition) is 4. The third-order valence-corrected chi connectivity index (χ3v) is 7.24. The Hall–Kier alpha value is -3.13. The van der Waals surface area contributed by atoms with Crippen molar-refractivity contribution < 1.29 is 14.4 Å². The molecular formula is C24H25ClN4O4. The Morgan fingerprint density at radius 3 is 2.67 bits per heavy atom. The van der Waals surface area contributed by atoms with Crippen LogP contribution in [0.5, 0.6) is 0 Å². The molecule has 4 amide bonds. The SMILES string of the molecule is O=C(CCC1NC(=O)N(Cc2ccccc2Cl)C1=O)N1CC2CC(C1)c1cccc(=O)n1C2. The Kier molecular flexibility index (Phi) is 5.70. The topological polar surface area (TPSA) is 91.7 Å². The fourth-order valence-electron chi connectivity index (χ4n) is 5.25. The van der Waals surface area contributed by atoms with E-state index in [1.807, 2.05) is 15.5 Å². The molecule has 0 saturated carbocycles. The maximum atomic E-state index is 13.0. The minimum atomic E-state index is -0.715. The molecule has 1 aromatic carbocycles. The van der Waals surface area contributed by atoms with Gasteiger partial charge in [0, 0.05) is 48.8 Å². The number of pyridine rings is 1. The van der Waals surface area contributed by atoms with E-state index in [-0.39, 0.29) is 48.6 Å². The van der Waals surface area contributed by atoms with Gasteiger partial charge in [-0.3, -0.25) is 19.3 Å². The van der Waals surface area contributed by atoms with Gasteiger partial charge >= 0.3 is 6.03 Å². The van der Waals surface area contributed by atoms with Gasteiger partial charge < -0.3 is 14.8 Å². The van der Waals surface area contributed by atoms with Crippen LogP contribution in [0.1, 0.15) is 36.4 Å². The molecule has 3 aliphatic rings. The molecule has 2 fully saturated rings. The van der Waals surface area contributed by atoms with Crippen molar-refractivity contribution in [1.29, 1.82) is 0 Å². The molecule has 2 aromatic rings. The van der Waals surface area contributed by atoms with E-state index in [2.05, 4.69) is 5.32 Å². The molecule has 1 aromatic heterocycles. The number of benzene rings is 1. The van der Waals surface area contributed by atoms with Crippen LogP contribution < -0.4 is 10.9 Å². The predicted molar refractivity (Wildman–Crippen MR) is 122 cm³/mol. The van der Waals surface area contributed by atoms with Crippen LogP contribution in [0.4, 0.5) is 4.79 Å². The molecule has 8 nitrogen and oxygen atoms in total. The Labute approximate surface area is 196 Å². The average Bonchev–Trinajstić information content (AvgIpc) is 3.07. The number of amides is 4. The second kappa shape index (κ2) is 8.67. The molecule has 2 bridgehead atoms. The molecule has 2 saturated heterocycles. The number of hydrogen-bond donors (Lipinski definition) is 1. The highest BCUT2D eigenvalue weighted by molar-refractivity contribution is 6.31. The lowest BCUT2D eigenvalue weighted by Gasteiger charge is -2.42. The second-order valence-electron chi connectivity index (χ2n) is 9.05. The molecule has 3 aliphatic heterocycles. The van der Waals surface area contributed by atoms with E-state index in [9.17, 15) is 19.2 Å². The van der Waals surface area contributed by atoms with Crippen molar-refractivity contribution in [2.45, 2.75) is 44.3 Å². The fraction of sp³-hybridized carbons (Fsp3) is 0.417. The number of halogens is 1. The zero-order chi connectivity index (χ0) is 23.1. The molecule has 5 rings (SSSR count). The lowest BCUT2D eigenvalue weighted by Crippen LogP contribution is -2.49. The number of carbonyl (C=O) groups is 3. The maximum Gasteiger partial charge on any atom is 0.325 e. The van der Waals surface area contributed by atoms with Crippen molar-refractivity contribution in [3.05, 3.63) is 69.1 Å². The molecule has 0 radical (unpaired) electrons. The van der Waals surface area contributed by atoms with Gasteiger partial charge in [-0.15, -0.1) is 0 Å². The first-order valence-corrected chi connectivity index (χ1v) is 11.6. The van der Waals surface area contributed by atoms with E-state index >= 15 is 0 Å². The van der Waals surface area contributed by atoms with Crippen LogP contribution in [0.15, 0.2) is 47.3 Å². The van der Waals surface area contributed by atoms with Gasteiger partial charge in [-0.2, -0.15) is 0 Å². The summed E-state index contributed by atoms with van der Waals surface area (Å²) in [4.78, 5) is 53.3. The number of fused-ring (bicyclic) bond motifs is 4. The summed E-state index contributed by atoms with van der Waals surface area (Å²) in [6.07, 6.45) is 1.41. The average molecular weight is 469 g/mol. The minimum Gasteiger partial charge on any atom is -0.342 e. The minimum absolute atomic E-state index is 0.0128. The van der Waals surface area contributed by atoms with Crippen molar-refractivity contribution in [3.8, 4) is 0 Å². The lowest BCUT2D eigenvalue weighted by atomic mass is 9.83. The van der Waals surface area contributed by atoms with Gasteiger partial charge in [0.15, 0.2) is 0 Å². The summed E-state index contributed by atoms with van der Waals surface area (Å²) in [6, 6.07) is 11.2. The van der Waals surface area contributed by atoms with Gasteiger partial charge in [0.25, 0.3) is 11.5 Å². The van der Waals surface area contributed by atoms with E-state index in [1.54, 1.807) is 36.4 Å². The second-order valence-corrected chi connectivity index (χ2v) is 9.46. The van der Waals surface area contributed by atoms with Crippen LogP contribution in [-0.2, 0) is 22.7 Å². The van der Waals surface area contributed by atoms with E-state index in [0.29, 0.717) is 30.2 Å². The Morgan fingerprint density at radius 2 is 1.85 bits per heavy atom. The number of carbonyl (C=O) groups excluding carboxylic acids is 3. The molecule has 172 valence electrons. The van der Waals surface area contributed by atoms with Crippen molar-refractivity contribution in [3.63, 3.8) is 0 Å². The largest absolute Gasteiger partial charge is 0.342 e. The summed E-state index contributed by atoms with van der Waals surface area (Å²) < 4.78 is 1.83. The monoisotopic (exact) mass is 468 g/mol. The quantitative estimate of drug-likeness (QED) is 0.682. The number of likely N-dealkylation sites (tertiary alicyclic amines) is 1. The number of aromatic nitrogens is 1. The summed E-state index contributed by atoms with van der Waals surface area (Å²) in [5, 5.41) is 3.19. The molecule has 0 spiro atoms. The summed E-state index contributed by atoms with van der Waals surface area (Å²) in [6.45, 7) is 1.91. The maximum absolute atomic E-state index is 13.0. The molecule has 3 atom stereocenters. The van der Waals surface area contributed by atoms with E-state index in [1.165, 1.54) is 0 Å². The number of piperidine rings is 1. The Balaban J connectivity index is 1.20. The molecule has 4 heterocycles. The number of nitrogens with one attached hydrogen (secondary N) is 1. The Morgan fingerprint density at radius 1 is 1.03 bits per heavy atom. The summed E-state index contributed by atoms with van der Waals surface area (Å²) in [7, 11) is 0. The van der Waals surface area contributed by atoms with Gasteiger partial charge in [0.05, 0.1) is 6.54 Å². The van der Waals surface area contributed by atoms with Crippen LogP contribution in [0.3, 0.4) is 0 Å². The van der Waals surface area contributed by atoms with Gasteiger partial charge in [0.2, 0.25) is 5.91 Å². The van der Waals surface area contributed by atoms with E-state index < -0.39 is 12.1 Å².